The Labute approximate surface area is 257 Å². The molecule has 0 radical (unpaired) electrons. The second kappa shape index (κ2) is 31.6. The average Bonchev–Trinajstić information content (AvgIpc) is 2.88. The van der Waals surface area contributed by atoms with E-state index in [4.69, 9.17) is 9.15 Å². The molecule has 0 aromatic heterocycles. The zero-order valence-electron chi connectivity index (χ0n) is 24.4. The van der Waals surface area contributed by atoms with Crippen LogP contribution in [0.5, 0.6) is 0 Å². The molecule has 0 aromatic rings. The van der Waals surface area contributed by atoms with Crippen LogP contribution < -0.4 is 10.8 Å². The summed E-state index contributed by atoms with van der Waals surface area (Å²) in [5.41, 5.74) is 2.22. The van der Waals surface area contributed by atoms with Crippen LogP contribution in [0.4, 0.5) is 0 Å². The van der Waals surface area contributed by atoms with Crippen molar-refractivity contribution < 1.29 is 23.3 Å². The van der Waals surface area contributed by atoms with Crippen LogP contribution >= 0.6 is 8.25 Å². The summed E-state index contributed by atoms with van der Waals surface area (Å²) in [5.74, 6) is -0.292. The first kappa shape index (κ1) is 40.2. The maximum absolute atomic E-state index is 12.1. The topological polar surface area (TPSA) is 93.7 Å². The Kier molecular flexibility index (Phi) is 33.5. The van der Waals surface area contributed by atoms with Gasteiger partial charge in [-0.25, -0.2) is 5.48 Å². The first-order valence-corrected chi connectivity index (χ1v) is 16.6. The molecule has 0 bridgehead atoms. The van der Waals surface area contributed by atoms with Gasteiger partial charge >= 0.3 is 37.8 Å². The number of rotatable bonds is 28. The first-order valence-electron chi connectivity index (χ1n) is 15.4. The fourth-order valence-electron chi connectivity index (χ4n) is 4.31. The molecule has 7 nitrogen and oxygen atoms in total. The standard InChI is InChI=1S/C29H59N2O5P.Na.H/c1-4-6-8-10-12-14-15-17-18-20-22-24-28(32)30-27(3)26-35-37(34)36-31-29(33)25-23-21-19-16-13-11-9-7-5-2;;/h27,37H,4-26H2,1-3H3,(H,30,32)(H,31,33);;. The van der Waals surface area contributed by atoms with Gasteiger partial charge < -0.3 is 9.84 Å². The van der Waals surface area contributed by atoms with Crippen LogP contribution in [-0.4, -0.2) is 54.0 Å². The van der Waals surface area contributed by atoms with E-state index < -0.39 is 8.25 Å². The van der Waals surface area contributed by atoms with E-state index in [0.29, 0.717) is 12.8 Å². The summed E-state index contributed by atoms with van der Waals surface area (Å²) in [4.78, 5) is 23.9. The third-order valence-electron chi connectivity index (χ3n) is 6.62. The fourth-order valence-corrected chi connectivity index (χ4v) is 4.95. The summed E-state index contributed by atoms with van der Waals surface area (Å²) in [5, 5.41) is 2.86. The maximum atomic E-state index is 12.1. The molecule has 0 saturated carbocycles. The SMILES string of the molecule is CCCCCCCCCCCCCC(=O)NC(C)CO[PH](=O)ONC(=O)CCCCCCCCCCC.[NaH]. The number of hydrogen-bond donors (Lipinski definition) is 2. The van der Waals surface area contributed by atoms with Crippen LogP contribution in [0.3, 0.4) is 0 Å². The molecule has 0 aliphatic carbocycles. The van der Waals surface area contributed by atoms with Gasteiger partial charge in [-0.1, -0.05) is 129 Å². The summed E-state index contributed by atoms with van der Waals surface area (Å²) in [7, 11) is -2.84. The zero-order chi connectivity index (χ0) is 27.4. The summed E-state index contributed by atoms with van der Waals surface area (Å²) >= 11 is 0. The van der Waals surface area contributed by atoms with Gasteiger partial charge in [0.25, 0.3) is 0 Å². The van der Waals surface area contributed by atoms with E-state index in [9.17, 15) is 14.2 Å². The van der Waals surface area contributed by atoms with Crippen molar-refractivity contribution in [3.05, 3.63) is 0 Å². The van der Waals surface area contributed by atoms with E-state index in [1.54, 1.807) is 6.92 Å². The van der Waals surface area contributed by atoms with Crippen LogP contribution in [0.2, 0.25) is 0 Å². The van der Waals surface area contributed by atoms with Gasteiger partial charge in [-0.15, -0.1) is 0 Å². The Balaban J connectivity index is 0. The van der Waals surface area contributed by atoms with Gasteiger partial charge in [0.2, 0.25) is 11.8 Å². The number of unbranched alkanes of at least 4 members (excludes halogenated alkanes) is 18. The summed E-state index contributed by atoms with van der Waals surface area (Å²) in [6.07, 6.45) is 25.3. The van der Waals surface area contributed by atoms with E-state index >= 15 is 0 Å². The van der Waals surface area contributed by atoms with Crippen LogP contribution in [0, 0.1) is 0 Å². The molecule has 2 amide bonds. The second-order valence-corrected chi connectivity index (χ2v) is 11.5. The predicted octanol–water partition coefficient (Wildman–Crippen LogP) is 7.92. The van der Waals surface area contributed by atoms with E-state index in [1.807, 2.05) is 0 Å². The molecule has 0 aromatic carbocycles. The number of amides is 2. The van der Waals surface area contributed by atoms with Gasteiger partial charge in [-0.2, -0.15) is 4.62 Å². The van der Waals surface area contributed by atoms with Crippen LogP contribution in [0.25, 0.3) is 0 Å². The normalized spacial score (nSPS) is 12.5. The third-order valence-corrected chi connectivity index (χ3v) is 7.29. The molecule has 9 heteroatoms. The monoisotopic (exact) mass is 570 g/mol. The summed E-state index contributed by atoms with van der Waals surface area (Å²) in [6.45, 7) is 6.35. The van der Waals surface area contributed by atoms with E-state index in [0.717, 1.165) is 32.1 Å². The Hall–Kier alpha value is 0.0900. The molecule has 0 aliphatic heterocycles. The van der Waals surface area contributed by atoms with Crippen molar-refractivity contribution in [1.29, 1.82) is 0 Å². The molecule has 2 atom stereocenters. The Morgan fingerprint density at radius 2 is 1.00 bits per heavy atom. The van der Waals surface area contributed by atoms with E-state index in [1.165, 1.54) is 96.3 Å². The van der Waals surface area contributed by atoms with Gasteiger partial charge in [-0.3, -0.25) is 14.2 Å². The molecule has 0 heterocycles. The zero-order valence-corrected chi connectivity index (χ0v) is 25.4. The van der Waals surface area contributed by atoms with E-state index in [-0.39, 0.29) is 54.0 Å². The van der Waals surface area contributed by atoms with Gasteiger partial charge in [0, 0.05) is 18.9 Å². The molecule has 2 N–H and O–H groups in total. The van der Waals surface area contributed by atoms with Crippen molar-refractivity contribution in [2.45, 2.75) is 168 Å². The predicted molar refractivity (Wildman–Crippen MR) is 162 cm³/mol. The molecular weight excluding hydrogens is 510 g/mol. The van der Waals surface area contributed by atoms with Crippen LogP contribution in [-0.2, 0) is 23.3 Å². The molecule has 222 valence electrons. The van der Waals surface area contributed by atoms with Crippen molar-refractivity contribution in [3.8, 4) is 0 Å². The minimum atomic E-state index is -2.84. The van der Waals surface area contributed by atoms with Crippen LogP contribution in [0.15, 0.2) is 0 Å². The third kappa shape index (κ3) is 30.6. The minimum absolute atomic E-state index is 0. The first-order chi connectivity index (χ1) is 18.0. The van der Waals surface area contributed by atoms with Crippen LogP contribution in [0.1, 0.15) is 162 Å². The van der Waals surface area contributed by atoms with Crippen molar-refractivity contribution in [3.63, 3.8) is 0 Å². The van der Waals surface area contributed by atoms with E-state index in [2.05, 4.69) is 24.6 Å². The Morgan fingerprint density at radius 1 is 0.632 bits per heavy atom. The molecule has 0 saturated heterocycles. The Morgan fingerprint density at radius 3 is 1.42 bits per heavy atom. The average molecular weight is 571 g/mol. The summed E-state index contributed by atoms with van der Waals surface area (Å²) < 4.78 is 21.9. The summed E-state index contributed by atoms with van der Waals surface area (Å²) in [6, 6.07) is -0.268. The number of carbonyl (C=O) groups is 2. The quantitative estimate of drug-likeness (QED) is 0.0431. The number of hydrogen-bond acceptors (Lipinski definition) is 5. The molecule has 0 fully saturated rings. The molecular formula is C29H60N2NaO5P. The molecule has 0 rings (SSSR count). The van der Waals surface area contributed by atoms with Gasteiger partial charge in [0.05, 0.1) is 6.61 Å². The van der Waals surface area contributed by atoms with Gasteiger partial charge in [0.15, 0.2) is 0 Å². The van der Waals surface area contributed by atoms with Crippen molar-refractivity contribution >= 4 is 49.6 Å². The van der Waals surface area contributed by atoms with Gasteiger partial charge in [-0.05, 0) is 19.8 Å². The molecule has 0 spiro atoms. The number of carbonyl (C=O) groups excluding carboxylic acids is 2. The second-order valence-electron chi connectivity index (χ2n) is 10.5. The fraction of sp³-hybridized carbons (Fsp3) is 0.931. The molecule has 38 heavy (non-hydrogen) atoms. The number of hydroxylamine groups is 1. The Bertz CT molecular complexity index is 569. The molecule has 0 aliphatic rings. The van der Waals surface area contributed by atoms with Crippen molar-refractivity contribution in [2.24, 2.45) is 0 Å². The van der Waals surface area contributed by atoms with Crippen molar-refractivity contribution in [1.82, 2.24) is 10.8 Å². The van der Waals surface area contributed by atoms with Crippen molar-refractivity contribution in [2.75, 3.05) is 6.61 Å². The molecule has 2 unspecified atom stereocenters. The number of nitrogens with one attached hydrogen (secondary N) is 2. The van der Waals surface area contributed by atoms with Gasteiger partial charge in [0.1, 0.15) is 0 Å².